The van der Waals surface area contributed by atoms with Gasteiger partial charge in [0.05, 0.1) is 67.6 Å². The van der Waals surface area contributed by atoms with Crippen molar-refractivity contribution in [3.63, 3.8) is 0 Å². The van der Waals surface area contributed by atoms with Gasteiger partial charge in [-0.25, -0.2) is 49.5 Å². The molecule has 26 nitrogen and oxygen atoms in total. The van der Waals surface area contributed by atoms with Gasteiger partial charge in [-0.05, 0) is 170 Å². The minimum absolute atomic E-state index is 0.344. The lowest BCUT2D eigenvalue weighted by atomic mass is 10.2. The first-order chi connectivity index (χ1) is 44.4. The normalized spacial score (nSPS) is 10.7. The van der Waals surface area contributed by atoms with Crippen LogP contribution < -0.4 is 4.74 Å². The summed E-state index contributed by atoms with van der Waals surface area (Å²) in [6, 6.07) is 4.56. The summed E-state index contributed by atoms with van der Waals surface area (Å²) in [6.07, 6.45) is 31.1. The maximum absolute atomic E-state index is 5.90. The Labute approximate surface area is 570 Å². The van der Waals surface area contributed by atoms with Crippen LogP contribution in [0.4, 0.5) is 0 Å². The van der Waals surface area contributed by atoms with Gasteiger partial charge in [0.15, 0.2) is 0 Å². The van der Waals surface area contributed by atoms with Crippen LogP contribution in [0.25, 0.3) is 0 Å². The molecule has 0 N–H and O–H groups in total. The highest BCUT2D eigenvalue weighted by Gasteiger charge is 2.07. The Kier molecular flexibility index (Phi) is 41.5. The van der Waals surface area contributed by atoms with E-state index >= 15 is 0 Å². The van der Waals surface area contributed by atoms with Crippen LogP contribution in [0.1, 0.15) is 259 Å². The van der Waals surface area contributed by atoms with Crippen LogP contribution >= 0.6 is 23.1 Å². The van der Waals surface area contributed by atoms with Gasteiger partial charge in [-0.2, -0.15) is 24.7 Å². The number of halogens is 1. The van der Waals surface area contributed by atoms with E-state index in [0.717, 1.165) is 51.7 Å². The zero-order chi connectivity index (χ0) is 71.0. The average Bonchev–Trinajstić information content (AvgIpc) is 1.85. The predicted molar refractivity (Wildman–Crippen MR) is 379 cm³/mol. The highest BCUT2D eigenvalue weighted by molar-refractivity contribution is 7.05. The molecule has 0 radical (unpaired) electrons. The SMILES string of the molecule is CC(C)c1ncns1.CC(C)n1ccnc1.CC(C)n1cncn1.CCOc1ncn(C(C)C)n1.CCc1cn(C(C)C)cn1.CCc1ncn(C(C)C)n1.COCc1cn(C(C)C)cn1.Cc1cn(C(C)C)cn1.Cc1ncn(C(C)C)c1Cl.Cc1ncn(C(C)C)n1. The number of methoxy groups -OCH3 is 1. The van der Waals surface area contributed by atoms with Gasteiger partial charge < -0.3 is 32.3 Å². The fourth-order valence-corrected chi connectivity index (χ4v) is 7.58. The summed E-state index contributed by atoms with van der Waals surface area (Å²) >= 11 is 7.37. The number of ether oxygens (including phenoxy) is 2. The van der Waals surface area contributed by atoms with Gasteiger partial charge in [0, 0.05) is 105 Å². The Morgan fingerprint density at radius 3 is 1.29 bits per heavy atom. The number of hydrogen-bond acceptors (Lipinski definition) is 18. The van der Waals surface area contributed by atoms with Gasteiger partial charge in [0.2, 0.25) is 0 Å². The van der Waals surface area contributed by atoms with E-state index in [1.807, 2.05) is 99.4 Å². The second-order valence-corrected chi connectivity index (χ2v) is 25.4. The minimum atomic E-state index is 0.344. The van der Waals surface area contributed by atoms with Crippen molar-refractivity contribution in [2.75, 3.05) is 13.7 Å². The molecule has 0 bridgehead atoms. The molecule has 10 heterocycles. The van der Waals surface area contributed by atoms with Crippen LogP contribution in [0.3, 0.4) is 0 Å². The number of imidazole rings is 5. The van der Waals surface area contributed by atoms with Gasteiger partial charge in [0.1, 0.15) is 59.8 Å². The van der Waals surface area contributed by atoms with Crippen molar-refractivity contribution in [2.45, 2.75) is 260 Å². The Balaban J connectivity index is 0.000000523. The highest BCUT2D eigenvalue weighted by atomic mass is 35.5. The van der Waals surface area contributed by atoms with Crippen molar-refractivity contribution in [3.05, 3.63) is 145 Å². The van der Waals surface area contributed by atoms with Gasteiger partial charge in [-0.3, -0.25) is 14.0 Å². The molecular weight excluding hydrogens is 1230 g/mol. The Morgan fingerprint density at radius 2 is 1.00 bits per heavy atom. The summed E-state index contributed by atoms with van der Waals surface area (Å²) in [5, 5.41) is 18.2. The number of hydrogen-bond donors (Lipinski definition) is 0. The van der Waals surface area contributed by atoms with Crippen molar-refractivity contribution in [1.82, 2.24) is 116 Å². The van der Waals surface area contributed by atoms with Gasteiger partial charge in [-0.1, -0.05) is 39.3 Å². The van der Waals surface area contributed by atoms with Gasteiger partial charge in [-0.15, -0.1) is 5.10 Å². The molecule has 0 saturated heterocycles. The lowest BCUT2D eigenvalue weighted by Gasteiger charge is -2.06. The fraction of sp³-hybridized carbons (Fsp3) is 0.621. The summed E-state index contributed by atoms with van der Waals surface area (Å²) in [5.74, 6) is 2.29. The summed E-state index contributed by atoms with van der Waals surface area (Å²) in [6.45, 7) is 55.1. The molecule has 0 aliphatic heterocycles. The summed E-state index contributed by atoms with van der Waals surface area (Å²) < 4.78 is 31.5. The first kappa shape index (κ1) is 84.2. The molecule has 0 atom stereocenters. The monoisotopic (exact) mass is 1340 g/mol. The molecule has 0 saturated carbocycles. The van der Waals surface area contributed by atoms with E-state index < -0.39 is 0 Å². The van der Waals surface area contributed by atoms with Crippen LogP contribution in [0.15, 0.2) is 101 Å². The molecule has 10 aromatic rings. The molecule has 0 aliphatic carbocycles. The third kappa shape index (κ3) is 34.4. The Hall–Kier alpha value is -7.78. The second-order valence-electron chi connectivity index (χ2n) is 24.3. The zero-order valence-corrected chi connectivity index (χ0v) is 63.2. The smallest absolute Gasteiger partial charge is 0.335 e. The molecule has 0 aromatic carbocycles. The van der Waals surface area contributed by atoms with Crippen molar-refractivity contribution >= 4 is 23.1 Å². The van der Waals surface area contributed by atoms with E-state index in [-0.39, 0.29) is 0 Å². The summed E-state index contributed by atoms with van der Waals surface area (Å²) in [4.78, 5) is 40.3. The molecule has 524 valence electrons. The zero-order valence-electron chi connectivity index (χ0n) is 61.7. The van der Waals surface area contributed by atoms with E-state index in [1.165, 1.54) is 17.2 Å². The first-order valence-corrected chi connectivity index (χ1v) is 33.7. The number of aryl methyl sites for hydroxylation is 5. The average molecular weight is 1340 g/mol. The quantitative estimate of drug-likeness (QED) is 0.0871. The molecule has 0 unspecified atom stereocenters. The van der Waals surface area contributed by atoms with Crippen LogP contribution in [0.5, 0.6) is 6.01 Å². The van der Waals surface area contributed by atoms with Crippen molar-refractivity contribution in [3.8, 4) is 6.01 Å². The Morgan fingerprint density at radius 1 is 0.468 bits per heavy atom. The number of rotatable bonds is 16. The third-order valence-electron chi connectivity index (χ3n) is 12.7. The Bertz CT molecular complexity index is 3130. The largest absolute Gasteiger partial charge is 0.463 e. The summed E-state index contributed by atoms with van der Waals surface area (Å²) in [7, 11) is 1.67. The highest BCUT2D eigenvalue weighted by Crippen LogP contribution is 2.18. The first-order valence-electron chi connectivity index (χ1n) is 32.5. The molecule has 0 fully saturated rings. The third-order valence-corrected chi connectivity index (χ3v) is 14.2. The topological polar surface area (TPSA) is 256 Å². The van der Waals surface area contributed by atoms with E-state index in [4.69, 9.17) is 21.1 Å². The second kappa shape index (κ2) is 46.3. The van der Waals surface area contributed by atoms with Crippen LogP contribution in [0, 0.1) is 20.8 Å². The van der Waals surface area contributed by atoms with Crippen LogP contribution in [-0.4, -0.2) is 130 Å². The van der Waals surface area contributed by atoms with Crippen molar-refractivity contribution < 1.29 is 9.47 Å². The maximum Gasteiger partial charge on any atom is 0.335 e. The minimum Gasteiger partial charge on any atom is -0.463 e. The lowest BCUT2D eigenvalue weighted by molar-refractivity contribution is 0.181. The van der Waals surface area contributed by atoms with Gasteiger partial charge in [0.25, 0.3) is 0 Å². The maximum atomic E-state index is 5.90. The molecule has 0 aliphatic rings. The molecule has 94 heavy (non-hydrogen) atoms. The number of nitrogens with zero attached hydrogens (tertiary/aromatic N) is 24. The van der Waals surface area contributed by atoms with E-state index in [9.17, 15) is 0 Å². The van der Waals surface area contributed by atoms with Crippen LogP contribution in [0.2, 0.25) is 5.15 Å². The molecule has 10 aromatic heterocycles. The molecular formula is C66H115ClN24O2S. The van der Waals surface area contributed by atoms with E-state index in [1.54, 1.807) is 67.0 Å². The molecule has 10 rings (SSSR count). The van der Waals surface area contributed by atoms with Crippen LogP contribution in [-0.2, 0) is 24.2 Å². The molecule has 0 spiro atoms. The van der Waals surface area contributed by atoms with Crippen molar-refractivity contribution in [1.29, 1.82) is 0 Å². The standard InChI is InChI=1S/C8H14N2O.C8H14N2.C7H11ClN2.C7H13N3O.C7H13N3.C7H12N2.C6H11N3.C6H10N2.C5H9N3.C5H8N2S/c1-7(2)10-4-8(5-11-3)9-6-10;1-4-8-5-10(6-9-8)7(2)3;1-5(2)10-4-9-6(3)7(10)8;1-4-11-7-8-5-10(9-7)6(2)3;1-4-7-8-5-10(9-7)6(2)3;1-6(2)9-4-7(3)8-5-9;1-5(2)9-4-7-6(3)8-9;1-6(2)8-4-3-7-5-8;1-5(2)8-4-6-3-7-8;1-4(2)5-6-3-7-8-5/h4,6-7H,5H2,1-3H3;5-7H,4H2,1-3H3;4-5H,1-3H3;5-6H,4H2,1-3H3;5-6H,4H2,1-3H3;4-6H,1-3H3;4-5H,1-3H3;3-6H,1-2H3;3-5H,1-2H3;3-4H,1-2H3. The van der Waals surface area contributed by atoms with E-state index in [2.05, 4.69) is 238 Å². The number of aromatic nitrogens is 24. The molecule has 0 amide bonds. The van der Waals surface area contributed by atoms with E-state index in [0.29, 0.717) is 79.5 Å². The summed E-state index contributed by atoms with van der Waals surface area (Å²) in [5.41, 5.74) is 4.15. The fourth-order valence-electron chi connectivity index (χ4n) is 6.78. The van der Waals surface area contributed by atoms with Gasteiger partial charge >= 0.3 is 6.01 Å². The predicted octanol–water partition coefficient (Wildman–Crippen LogP) is 15.7. The lowest BCUT2D eigenvalue weighted by Crippen LogP contribution is -2.01. The molecule has 28 heteroatoms. The van der Waals surface area contributed by atoms with Crippen molar-refractivity contribution in [2.24, 2.45) is 0 Å².